The minimum atomic E-state index is -1.42. The van der Waals surface area contributed by atoms with Crippen LogP contribution in [-0.2, 0) is 38.1 Å². The minimum Gasteiger partial charge on any atom is -0.465 e. The van der Waals surface area contributed by atoms with Gasteiger partial charge in [0, 0.05) is 25.3 Å². The van der Waals surface area contributed by atoms with Crippen LogP contribution in [0.2, 0.25) is 0 Å². The number of carbonyl (C=O) groups is 3. The molecule has 3 rings (SSSR count). The summed E-state index contributed by atoms with van der Waals surface area (Å²) in [5.74, 6) is -0.446. The number of fused-ring (bicyclic) bond motifs is 4. The van der Waals surface area contributed by atoms with Crippen LogP contribution in [0.1, 0.15) is 158 Å². The largest absolute Gasteiger partial charge is 0.465 e. The van der Waals surface area contributed by atoms with E-state index in [1.165, 1.54) is 44.6 Å². The van der Waals surface area contributed by atoms with Gasteiger partial charge in [-0.05, 0) is 68.8 Å². The molecule has 10 atom stereocenters. The van der Waals surface area contributed by atoms with Gasteiger partial charge in [-0.15, -0.1) is 0 Å². The van der Waals surface area contributed by atoms with Crippen molar-refractivity contribution in [3.63, 3.8) is 0 Å². The molecule has 4 bridgehead atoms. The highest BCUT2D eigenvalue weighted by atomic mass is 16.6. The van der Waals surface area contributed by atoms with Gasteiger partial charge in [0.25, 0.3) is 0 Å². The van der Waals surface area contributed by atoms with Crippen LogP contribution in [0.3, 0.4) is 0 Å². The van der Waals surface area contributed by atoms with E-state index in [1.54, 1.807) is 12.2 Å². The first-order valence-electron chi connectivity index (χ1n) is 24.5. The molecule has 0 saturated carbocycles. The summed E-state index contributed by atoms with van der Waals surface area (Å²) in [7, 11) is 0. The summed E-state index contributed by atoms with van der Waals surface area (Å²) in [6, 6.07) is 0. The Bertz CT molecular complexity index is 1600. The molecule has 0 aromatic carbocycles. The van der Waals surface area contributed by atoms with E-state index in [4.69, 9.17) is 23.7 Å². The topological polar surface area (TPSA) is 138 Å². The molecule has 0 aliphatic carbocycles. The van der Waals surface area contributed by atoms with E-state index in [-0.39, 0.29) is 43.7 Å². The van der Waals surface area contributed by atoms with Crippen LogP contribution in [0.15, 0.2) is 84.6 Å². The minimum absolute atomic E-state index is 0.0111. The van der Waals surface area contributed by atoms with Gasteiger partial charge in [-0.1, -0.05) is 166 Å². The number of aliphatic hydroxyl groups excluding tert-OH is 2. The smallest absolute Gasteiger partial charge is 0.335 e. The van der Waals surface area contributed by atoms with Crippen LogP contribution in [0, 0.1) is 23.2 Å². The van der Waals surface area contributed by atoms with E-state index in [1.807, 2.05) is 51.2 Å². The Balaban J connectivity index is 1.79. The third-order valence-electron chi connectivity index (χ3n) is 13.0. The normalized spacial score (nSPS) is 30.1. The molecule has 10 unspecified atom stereocenters. The van der Waals surface area contributed by atoms with Gasteiger partial charge in [0.1, 0.15) is 19.3 Å². The van der Waals surface area contributed by atoms with Crippen molar-refractivity contribution in [3.8, 4) is 0 Å². The highest BCUT2D eigenvalue weighted by molar-refractivity contribution is 5.82. The maximum Gasteiger partial charge on any atom is 0.335 e. The van der Waals surface area contributed by atoms with Crippen molar-refractivity contribution >= 4 is 17.9 Å². The molecule has 0 radical (unpaired) electrons. The first-order valence-corrected chi connectivity index (χ1v) is 24.5. The van der Waals surface area contributed by atoms with Crippen LogP contribution in [-0.4, -0.2) is 84.1 Å². The van der Waals surface area contributed by atoms with Gasteiger partial charge >= 0.3 is 17.9 Å². The molecular formula is C54H84O10. The second-order valence-corrected chi connectivity index (χ2v) is 19.2. The monoisotopic (exact) mass is 893 g/mol. The van der Waals surface area contributed by atoms with Crippen LogP contribution >= 0.6 is 0 Å². The summed E-state index contributed by atoms with van der Waals surface area (Å²) in [5, 5.41) is 20.9. The lowest BCUT2D eigenvalue weighted by Gasteiger charge is -2.47. The first kappa shape index (κ1) is 54.8. The van der Waals surface area contributed by atoms with Crippen LogP contribution < -0.4 is 0 Å². The maximum atomic E-state index is 13.5. The number of aliphatic hydroxyl groups is 2. The molecule has 10 heteroatoms. The van der Waals surface area contributed by atoms with Gasteiger partial charge in [0.2, 0.25) is 0 Å². The fourth-order valence-corrected chi connectivity index (χ4v) is 8.52. The van der Waals surface area contributed by atoms with Gasteiger partial charge in [0.05, 0.1) is 35.9 Å². The third kappa shape index (κ3) is 20.3. The quantitative estimate of drug-likeness (QED) is 0.0467. The molecule has 2 fully saturated rings. The van der Waals surface area contributed by atoms with Crippen LogP contribution in [0.25, 0.3) is 0 Å². The lowest BCUT2D eigenvalue weighted by Crippen LogP contribution is -2.55. The van der Waals surface area contributed by atoms with Crippen molar-refractivity contribution in [3.05, 3.63) is 84.6 Å². The number of hydrogen-bond donors (Lipinski definition) is 2. The van der Waals surface area contributed by atoms with Crippen molar-refractivity contribution in [2.75, 3.05) is 13.2 Å². The molecule has 3 aliphatic heterocycles. The van der Waals surface area contributed by atoms with Gasteiger partial charge in [-0.25, -0.2) is 9.59 Å². The molecule has 64 heavy (non-hydrogen) atoms. The molecule has 0 aromatic rings. The van der Waals surface area contributed by atoms with Crippen molar-refractivity contribution < 1.29 is 48.3 Å². The number of unbranched alkanes of at least 4 members (excludes halogenated alkanes) is 8. The Kier molecular flexibility index (Phi) is 25.6. The van der Waals surface area contributed by atoms with E-state index in [0.717, 1.165) is 37.7 Å². The van der Waals surface area contributed by atoms with Gasteiger partial charge < -0.3 is 33.9 Å². The average molecular weight is 893 g/mol. The molecule has 2 saturated heterocycles. The van der Waals surface area contributed by atoms with E-state index < -0.39 is 47.9 Å². The zero-order chi connectivity index (χ0) is 46.9. The summed E-state index contributed by atoms with van der Waals surface area (Å²) in [6.45, 7) is 18.4. The fraction of sp³-hybridized carbons (Fsp3) is 0.685. The van der Waals surface area contributed by atoms with Gasteiger partial charge in [-0.2, -0.15) is 0 Å². The zero-order valence-corrected chi connectivity index (χ0v) is 40.4. The molecule has 10 nitrogen and oxygen atoms in total. The first-order chi connectivity index (χ1) is 30.6. The standard InChI is InChI=1S/C54H84O10/c1-9-10-11-12-13-14-15-16-22-31-51(57)61-38-54(8)49(30-25-24-29-46(55)53(59)60-37-42(6)47(56)33-39(2)3)63-45-28-20-17-19-26-40(4)34-48-43(7)41(5)35-44(62-48)27-21-18-23-32-52(58)64-50(54)36-45/h18-21,23-26,28,32,34,39,41,43-50,55-56H,6,9-17,22,27,29-31,33,35-38H2,1-5,7-8H3/b21-18+,25-24-,26-19+,28-20?,32-23+,40-34-. The SMILES string of the molecule is C=C(COC(=O)C(O)C/C=C\CC1OC2C=CC/C=C/C(C)=C\C3OC(C/C=C/C=C/C(=O)OC(C2)C1(C)COC(=O)CCCCCCCCCCC)CC(C)C3C)C(O)CC(C)C. The van der Waals surface area contributed by atoms with E-state index in [0.29, 0.717) is 49.5 Å². The van der Waals surface area contributed by atoms with Crippen molar-refractivity contribution in [2.24, 2.45) is 23.2 Å². The molecule has 0 amide bonds. The molecule has 2 N–H and O–H groups in total. The van der Waals surface area contributed by atoms with Crippen molar-refractivity contribution in [1.29, 1.82) is 0 Å². The Morgan fingerprint density at radius 2 is 1.64 bits per heavy atom. The summed E-state index contributed by atoms with van der Waals surface area (Å²) in [6.07, 6.45) is 31.4. The lowest BCUT2D eigenvalue weighted by molar-refractivity contribution is -0.204. The zero-order valence-electron chi connectivity index (χ0n) is 40.4. The average Bonchev–Trinajstić information content (AvgIpc) is 3.25. The second kappa shape index (κ2) is 29.9. The molecule has 3 aliphatic rings. The summed E-state index contributed by atoms with van der Waals surface area (Å²) in [4.78, 5) is 39.3. The number of hydrogen-bond acceptors (Lipinski definition) is 10. The van der Waals surface area contributed by atoms with Crippen molar-refractivity contribution in [2.45, 2.75) is 200 Å². The molecule has 0 aromatic heterocycles. The second-order valence-electron chi connectivity index (χ2n) is 19.2. The third-order valence-corrected chi connectivity index (χ3v) is 13.0. The van der Waals surface area contributed by atoms with Crippen molar-refractivity contribution in [1.82, 2.24) is 0 Å². The lowest BCUT2D eigenvalue weighted by atomic mass is 9.73. The maximum absolute atomic E-state index is 13.5. The Morgan fingerprint density at radius 3 is 2.36 bits per heavy atom. The van der Waals surface area contributed by atoms with Crippen LogP contribution in [0.5, 0.6) is 0 Å². The predicted octanol–water partition coefficient (Wildman–Crippen LogP) is 11.1. The van der Waals surface area contributed by atoms with E-state index >= 15 is 0 Å². The molecule has 360 valence electrons. The fourth-order valence-electron chi connectivity index (χ4n) is 8.52. The number of esters is 3. The summed E-state index contributed by atoms with van der Waals surface area (Å²) < 4.78 is 30.7. The van der Waals surface area contributed by atoms with Crippen LogP contribution in [0.4, 0.5) is 0 Å². The molecular weight excluding hydrogens is 809 g/mol. The number of ether oxygens (including phenoxy) is 5. The Morgan fingerprint density at radius 1 is 0.922 bits per heavy atom. The van der Waals surface area contributed by atoms with Gasteiger partial charge in [0.15, 0.2) is 6.10 Å². The summed E-state index contributed by atoms with van der Waals surface area (Å²) in [5.41, 5.74) is 0.590. The summed E-state index contributed by atoms with van der Waals surface area (Å²) >= 11 is 0. The molecule has 3 heterocycles. The number of allylic oxidation sites excluding steroid dienone is 6. The highest BCUT2D eigenvalue weighted by Crippen LogP contribution is 2.42. The number of rotatable bonds is 22. The highest BCUT2D eigenvalue weighted by Gasteiger charge is 2.50. The van der Waals surface area contributed by atoms with Gasteiger partial charge in [-0.3, -0.25) is 4.79 Å². The Hall–Kier alpha value is -3.57. The number of carbonyl (C=O) groups excluding carboxylic acids is 3. The predicted molar refractivity (Wildman–Crippen MR) is 255 cm³/mol. The van der Waals surface area contributed by atoms with E-state index in [2.05, 4.69) is 52.5 Å². The Labute approximate surface area is 386 Å². The van der Waals surface area contributed by atoms with E-state index in [9.17, 15) is 24.6 Å². The molecule has 0 spiro atoms.